The summed E-state index contributed by atoms with van der Waals surface area (Å²) in [5.41, 5.74) is 1.13. The van der Waals surface area contributed by atoms with Crippen molar-refractivity contribution in [3.63, 3.8) is 0 Å². The molecule has 0 aliphatic heterocycles. The number of para-hydroxylation sites is 1. The van der Waals surface area contributed by atoms with Gasteiger partial charge in [-0.05, 0) is 24.3 Å². The van der Waals surface area contributed by atoms with Crippen molar-refractivity contribution >= 4 is 5.91 Å². The molecular weight excluding hydrogens is 258 g/mol. The Balaban J connectivity index is 2.06. The zero-order valence-electron chi connectivity index (χ0n) is 11.0. The third-order valence-corrected chi connectivity index (χ3v) is 2.87. The number of nitrogens with one attached hydrogen (secondary N) is 1. The van der Waals surface area contributed by atoms with Gasteiger partial charge in [0, 0.05) is 17.7 Å². The molecule has 0 bridgehead atoms. The third-order valence-electron chi connectivity index (χ3n) is 2.87. The highest BCUT2D eigenvalue weighted by molar-refractivity contribution is 5.94. The van der Waals surface area contributed by atoms with E-state index in [1.165, 1.54) is 18.2 Å². The van der Waals surface area contributed by atoms with E-state index < -0.39 is 0 Å². The first-order valence-electron chi connectivity index (χ1n) is 6.04. The zero-order valence-corrected chi connectivity index (χ0v) is 11.0. The normalized spacial score (nSPS) is 10.1. The molecule has 5 nitrogen and oxygen atoms in total. The summed E-state index contributed by atoms with van der Waals surface area (Å²) in [7, 11) is 1.57. The summed E-state index contributed by atoms with van der Waals surface area (Å²) in [6, 6.07) is 11.3. The van der Waals surface area contributed by atoms with Crippen LogP contribution >= 0.6 is 0 Å². The molecule has 0 radical (unpaired) electrons. The van der Waals surface area contributed by atoms with Crippen molar-refractivity contribution in [2.45, 2.75) is 6.54 Å². The van der Waals surface area contributed by atoms with Crippen LogP contribution in [0, 0.1) is 0 Å². The van der Waals surface area contributed by atoms with Crippen LogP contribution in [-0.2, 0) is 6.54 Å². The van der Waals surface area contributed by atoms with Crippen molar-refractivity contribution in [1.29, 1.82) is 0 Å². The van der Waals surface area contributed by atoms with Gasteiger partial charge in [0.25, 0.3) is 5.91 Å². The molecule has 2 rings (SSSR count). The van der Waals surface area contributed by atoms with Gasteiger partial charge in [-0.15, -0.1) is 0 Å². The van der Waals surface area contributed by atoms with E-state index in [4.69, 9.17) is 4.74 Å². The van der Waals surface area contributed by atoms with Gasteiger partial charge in [-0.1, -0.05) is 18.2 Å². The van der Waals surface area contributed by atoms with Crippen molar-refractivity contribution in [1.82, 2.24) is 5.32 Å². The van der Waals surface area contributed by atoms with Crippen LogP contribution in [0.15, 0.2) is 42.5 Å². The number of methoxy groups -OCH3 is 1. The lowest BCUT2D eigenvalue weighted by atomic mass is 10.1. The van der Waals surface area contributed by atoms with Crippen LogP contribution in [-0.4, -0.2) is 23.2 Å². The number of amides is 1. The van der Waals surface area contributed by atoms with Crippen LogP contribution in [0.3, 0.4) is 0 Å². The number of phenolic OH excluding ortho intramolecular Hbond substituents is 2. The zero-order chi connectivity index (χ0) is 14.5. The van der Waals surface area contributed by atoms with Crippen molar-refractivity contribution in [3.05, 3.63) is 53.6 Å². The molecule has 2 aromatic rings. The Morgan fingerprint density at radius 1 is 1.15 bits per heavy atom. The number of benzene rings is 2. The van der Waals surface area contributed by atoms with E-state index in [9.17, 15) is 15.0 Å². The lowest BCUT2D eigenvalue weighted by molar-refractivity contribution is 0.0950. The second-order valence-corrected chi connectivity index (χ2v) is 4.20. The average molecular weight is 273 g/mol. The van der Waals surface area contributed by atoms with Gasteiger partial charge in [0.2, 0.25) is 0 Å². The van der Waals surface area contributed by atoms with Crippen LogP contribution in [0.4, 0.5) is 0 Å². The average Bonchev–Trinajstić information content (AvgIpc) is 2.47. The van der Waals surface area contributed by atoms with E-state index >= 15 is 0 Å². The summed E-state index contributed by atoms with van der Waals surface area (Å²) in [6.07, 6.45) is 0. The Bertz CT molecular complexity index is 625. The highest BCUT2D eigenvalue weighted by Crippen LogP contribution is 2.25. The molecule has 0 spiro atoms. The van der Waals surface area contributed by atoms with Gasteiger partial charge in [-0.2, -0.15) is 0 Å². The molecule has 2 aromatic carbocycles. The summed E-state index contributed by atoms with van der Waals surface area (Å²) >= 11 is 0. The number of phenols is 2. The van der Waals surface area contributed by atoms with Crippen LogP contribution in [0.25, 0.3) is 0 Å². The number of hydrogen-bond donors (Lipinski definition) is 3. The van der Waals surface area contributed by atoms with E-state index in [0.717, 1.165) is 5.56 Å². The molecule has 0 aromatic heterocycles. The van der Waals surface area contributed by atoms with Gasteiger partial charge in [-0.25, -0.2) is 0 Å². The van der Waals surface area contributed by atoms with Crippen molar-refractivity contribution in [2.75, 3.05) is 7.11 Å². The second-order valence-electron chi connectivity index (χ2n) is 4.20. The van der Waals surface area contributed by atoms with Crippen LogP contribution < -0.4 is 10.1 Å². The Morgan fingerprint density at radius 2 is 1.90 bits per heavy atom. The van der Waals surface area contributed by atoms with Crippen molar-refractivity contribution < 1.29 is 19.7 Å². The lowest BCUT2D eigenvalue weighted by Crippen LogP contribution is -2.22. The minimum absolute atomic E-state index is 0.258. The Labute approximate surface area is 116 Å². The van der Waals surface area contributed by atoms with E-state index in [0.29, 0.717) is 12.3 Å². The molecular formula is C15H15NO4. The van der Waals surface area contributed by atoms with Crippen LogP contribution in [0.5, 0.6) is 17.2 Å². The molecule has 0 unspecified atom stereocenters. The Morgan fingerprint density at radius 3 is 2.60 bits per heavy atom. The molecule has 0 atom stereocenters. The van der Waals surface area contributed by atoms with Gasteiger partial charge >= 0.3 is 0 Å². The maximum atomic E-state index is 11.9. The fourth-order valence-corrected chi connectivity index (χ4v) is 1.79. The first-order chi connectivity index (χ1) is 9.61. The minimum Gasteiger partial charge on any atom is -0.504 e. The number of rotatable bonds is 4. The van der Waals surface area contributed by atoms with E-state index in [1.807, 2.05) is 24.3 Å². The van der Waals surface area contributed by atoms with Crippen molar-refractivity contribution in [3.8, 4) is 17.2 Å². The van der Waals surface area contributed by atoms with Gasteiger partial charge in [0.1, 0.15) is 5.75 Å². The van der Waals surface area contributed by atoms with Crippen LogP contribution in [0.1, 0.15) is 15.9 Å². The summed E-state index contributed by atoms with van der Waals surface area (Å²) in [4.78, 5) is 11.9. The minimum atomic E-state index is -0.341. The fraction of sp³-hybridized carbons (Fsp3) is 0.133. The number of ether oxygens (including phenoxy) is 1. The van der Waals surface area contributed by atoms with E-state index in [-0.39, 0.29) is 23.0 Å². The Kier molecular flexibility index (Phi) is 4.10. The monoisotopic (exact) mass is 273 g/mol. The van der Waals surface area contributed by atoms with Crippen LogP contribution in [0.2, 0.25) is 0 Å². The number of carbonyl (C=O) groups excluding carboxylic acids is 1. The molecule has 0 aliphatic carbocycles. The number of carbonyl (C=O) groups is 1. The fourth-order valence-electron chi connectivity index (χ4n) is 1.79. The quantitative estimate of drug-likeness (QED) is 0.745. The summed E-state index contributed by atoms with van der Waals surface area (Å²) < 4.78 is 5.19. The standard InChI is InChI=1S/C15H15NO4/c1-20-14-5-3-2-4-11(14)9-16-15(19)10-6-7-12(17)13(18)8-10/h2-8,17-18H,9H2,1H3,(H,16,19). The molecule has 0 aliphatic rings. The molecule has 5 heteroatoms. The molecule has 0 fully saturated rings. The molecule has 0 saturated carbocycles. The first-order valence-corrected chi connectivity index (χ1v) is 6.04. The van der Waals surface area contributed by atoms with E-state index in [2.05, 4.69) is 5.32 Å². The SMILES string of the molecule is COc1ccccc1CNC(=O)c1ccc(O)c(O)c1. The summed E-state index contributed by atoms with van der Waals surface area (Å²) in [5, 5.41) is 21.3. The van der Waals surface area contributed by atoms with Gasteiger partial charge in [-0.3, -0.25) is 4.79 Å². The molecule has 1 amide bonds. The van der Waals surface area contributed by atoms with Crippen molar-refractivity contribution in [2.24, 2.45) is 0 Å². The first kappa shape index (κ1) is 13.7. The summed E-state index contributed by atoms with van der Waals surface area (Å²) in [6.45, 7) is 0.310. The Hall–Kier alpha value is -2.69. The van der Waals surface area contributed by atoms with Gasteiger partial charge in [0.05, 0.1) is 7.11 Å². The molecule has 3 N–H and O–H groups in total. The predicted octanol–water partition coefficient (Wildman–Crippen LogP) is 2.04. The second kappa shape index (κ2) is 5.97. The smallest absolute Gasteiger partial charge is 0.251 e. The summed E-state index contributed by atoms with van der Waals surface area (Å²) in [5.74, 6) is -0.228. The highest BCUT2D eigenvalue weighted by Gasteiger charge is 2.09. The number of aromatic hydroxyl groups is 2. The third kappa shape index (κ3) is 3.00. The topological polar surface area (TPSA) is 78.8 Å². The highest BCUT2D eigenvalue weighted by atomic mass is 16.5. The maximum absolute atomic E-state index is 11.9. The molecule has 0 heterocycles. The maximum Gasteiger partial charge on any atom is 0.251 e. The van der Waals surface area contributed by atoms with Gasteiger partial charge < -0.3 is 20.3 Å². The van der Waals surface area contributed by atoms with E-state index in [1.54, 1.807) is 7.11 Å². The number of hydrogen-bond acceptors (Lipinski definition) is 4. The van der Waals surface area contributed by atoms with Gasteiger partial charge in [0.15, 0.2) is 11.5 Å². The molecule has 104 valence electrons. The molecule has 0 saturated heterocycles. The molecule has 20 heavy (non-hydrogen) atoms. The largest absolute Gasteiger partial charge is 0.504 e. The predicted molar refractivity (Wildman–Crippen MR) is 73.9 cm³/mol. The lowest BCUT2D eigenvalue weighted by Gasteiger charge is -2.09.